The highest BCUT2D eigenvalue weighted by Crippen LogP contribution is 2.28. The van der Waals surface area contributed by atoms with Gasteiger partial charge in [0.05, 0.1) is 0 Å². The molecule has 3 heteroatoms. The van der Waals surface area contributed by atoms with Crippen molar-refractivity contribution in [3.63, 3.8) is 0 Å². The number of aromatic nitrogens is 1. The van der Waals surface area contributed by atoms with Crippen LogP contribution in [0.25, 0.3) is 0 Å². The third-order valence-corrected chi connectivity index (χ3v) is 3.98. The summed E-state index contributed by atoms with van der Waals surface area (Å²) in [6.45, 7) is 11.1. The van der Waals surface area contributed by atoms with Gasteiger partial charge in [-0.1, -0.05) is 26.8 Å². The third kappa shape index (κ3) is 3.69. The fourth-order valence-corrected chi connectivity index (χ4v) is 2.86. The van der Waals surface area contributed by atoms with Crippen molar-refractivity contribution in [3.8, 4) is 0 Å². The van der Waals surface area contributed by atoms with Crippen LogP contribution in [0.4, 0.5) is 5.82 Å². The van der Waals surface area contributed by atoms with Crippen LogP contribution in [0.2, 0.25) is 0 Å². The van der Waals surface area contributed by atoms with Gasteiger partial charge in [0.1, 0.15) is 5.82 Å². The van der Waals surface area contributed by atoms with Crippen molar-refractivity contribution >= 4 is 5.82 Å². The zero-order valence-corrected chi connectivity index (χ0v) is 12.7. The van der Waals surface area contributed by atoms with Crippen molar-refractivity contribution in [2.45, 2.75) is 59.2 Å². The number of hydrogen-bond donors (Lipinski definition) is 1. The minimum absolute atomic E-state index is 0.506. The fourth-order valence-electron chi connectivity index (χ4n) is 2.86. The van der Waals surface area contributed by atoms with Crippen LogP contribution in [0.5, 0.6) is 0 Å². The Hall–Kier alpha value is -1.09. The van der Waals surface area contributed by atoms with E-state index in [1.807, 2.05) is 12.3 Å². The first-order valence-corrected chi connectivity index (χ1v) is 7.52. The van der Waals surface area contributed by atoms with Crippen LogP contribution in [-0.4, -0.2) is 23.6 Å². The predicted molar refractivity (Wildman–Crippen MR) is 81.4 cm³/mol. The molecule has 2 atom stereocenters. The van der Waals surface area contributed by atoms with Crippen LogP contribution < -0.4 is 10.2 Å². The van der Waals surface area contributed by atoms with E-state index in [9.17, 15) is 0 Å². The molecule has 2 unspecified atom stereocenters. The molecule has 0 amide bonds. The van der Waals surface area contributed by atoms with Gasteiger partial charge in [0, 0.05) is 36.9 Å². The number of pyridine rings is 1. The molecule has 0 saturated carbocycles. The normalized spacial score (nSPS) is 23.9. The van der Waals surface area contributed by atoms with Gasteiger partial charge in [0.15, 0.2) is 0 Å². The Morgan fingerprint density at radius 1 is 1.42 bits per heavy atom. The molecule has 1 saturated heterocycles. The third-order valence-electron chi connectivity index (χ3n) is 3.98. The van der Waals surface area contributed by atoms with E-state index in [0.717, 1.165) is 19.0 Å². The zero-order valence-electron chi connectivity index (χ0n) is 12.7. The van der Waals surface area contributed by atoms with Crippen LogP contribution in [0.15, 0.2) is 18.3 Å². The highest BCUT2D eigenvalue weighted by Gasteiger charge is 2.25. The molecule has 1 aliphatic rings. The van der Waals surface area contributed by atoms with E-state index >= 15 is 0 Å². The molecular weight excluding hydrogens is 234 g/mol. The molecular formula is C16H27N3. The maximum absolute atomic E-state index is 4.64. The van der Waals surface area contributed by atoms with Gasteiger partial charge in [-0.15, -0.1) is 0 Å². The van der Waals surface area contributed by atoms with Gasteiger partial charge in [0.25, 0.3) is 0 Å². The van der Waals surface area contributed by atoms with E-state index in [0.29, 0.717) is 12.1 Å². The molecule has 1 aromatic heterocycles. The molecule has 1 fully saturated rings. The van der Waals surface area contributed by atoms with Crippen LogP contribution in [0, 0.1) is 5.92 Å². The Morgan fingerprint density at radius 2 is 2.21 bits per heavy atom. The largest absolute Gasteiger partial charge is 0.354 e. The maximum Gasteiger partial charge on any atom is 0.133 e. The molecule has 1 aromatic rings. The molecule has 0 radical (unpaired) electrons. The summed E-state index contributed by atoms with van der Waals surface area (Å²) in [6, 6.07) is 5.34. The summed E-state index contributed by atoms with van der Waals surface area (Å²) < 4.78 is 0. The first-order chi connectivity index (χ1) is 9.08. The zero-order chi connectivity index (χ0) is 13.8. The summed E-state index contributed by atoms with van der Waals surface area (Å²) in [4.78, 5) is 7.13. The van der Waals surface area contributed by atoms with Gasteiger partial charge in [-0.05, 0) is 31.7 Å². The quantitative estimate of drug-likeness (QED) is 0.902. The van der Waals surface area contributed by atoms with Gasteiger partial charge < -0.3 is 10.2 Å². The van der Waals surface area contributed by atoms with Crippen LogP contribution in [0.3, 0.4) is 0 Å². The lowest BCUT2D eigenvalue weighted by atomic mass is 9.93. The summed E-state index contributed by atoms with van der Waals surface area (Å²) >= 11 is 0. The monoisotopic (exact) mass is 261 g/mol. The molecule has 0 aromatic carbocycles. The SMILES string of the molecule is CC1CCN(c2ncccc2CNC(C)C)C(C)C1. The molecule has 1 aliphatic heterocycles. The summed E-state index contributed by atoms with van der Waals surface area (Å²) in [5.74, 6) is 2.02. The minimum atomic E-state index is 0.506. The molecule has 0 bridgehead atoms. The van der Waals surface area contributed by atoms with Crippen LogP contribution >= 0.6 is 0 Å². The first-order valence-electron chi connectivity index (χ1n) is 7.52. The summed E-state index contributed by atoms with van der Waals surface area (Å²) in [5, 5.41) is 3.50. The van der Waals surface area contributed by atoms with Crippen LogP contribution in [0.1, 0.15) is 46.1 Å². The number of piperidine rings is 1. The number of nitrogens with zero attached hydrogens (tertiary/aromatic N) is 2. The molecule has 2 heterocycles. The number of rotatable bonds is 4. The van der Waals surface area contributed by atoms with Crippen molar-refractivity contribution in [1.29, 1.82) is 0 Å². The second-order valence-corrected chi connectivity index (χ2v) is 6.19. The predicted octanol–water partition coefficient (Wildman–Crippen LogP) is 3.20. The standard InChI is InChI=1S/C16H27N3/c1-12(2)18-11-15-6-5-8-17-16(15)19-9-7-13(3)10-14(19)4/h5-6,8,12-14,18H,7,9-11H2,1-4H3. The molecule has 0 aliphatic carbocycles. The van der Waals surface area contributed by atoms with E-state index in [4.69, 9.17) is 0 Å². The Balaban J connectivity index is 2.14. The first kappa shape index (κ1) is 14.3. The Labute approximate surface area is 117 Å². The highest BCUT2D eigenvalue weighted by atomic mass is 15.2. The molecule has 19 heavy (non-hydrogen) atoms. The van der Waals surface area contributed by atoms with E-state index in [1.54, 1.807) is 0 Å². The topological polar surface area (TPSA) is 28.2 Å². The lowest BCUT2D eigenvalue weighted by molar-refractivity contribution is 0.375. The minimum Gasteiger partial charge on any atom is -0.354 e. The second-order valence-electron chi connectivity index (χ2n) is 6.19. The fraction of sp³-hybridized carbons (Fsp3) is 0.688. The number of hydrogen-bond acceptors (Lipinski definition) is 3. The molecule has 106 valence electrons. The Morgan fingerprint density at radius 3 is 2.89 bits per heavy atom. The van der Waals surface area contributed by atoms with E-state index in [-0.39, 0.29) is 0 Å². The summed E-state index contributed by atoms with van der Waals surface area (Å²) in [6.07, 6.45) is 4.46. The number of anilines is 1. The molecule has 3 nitrogen and oxygen atoms in total. The van der Waals surface area contributed by atoms with Crippen molar-refractivity contribution in [2.75, 3.05) is 11.4 Å². The van der Waals surface area contributed by atoms with E-state index in [2.05, 4.69) is 49.0 Å². The lowest BCUT2D eigenvalue weighted by Gasteiger charge is -2.38. The van der Waals surface area contributed by atoms with Crippen molar-refractivity contribution in [3.05, 3.63) is 23.9 Å². The van der Waals surface area contributed by atoms with Crippen molar-refractivity contribution < 1.29 is 0 Å². The second kappa shape index (κ2) is 6.38. The van der Waals surface area contributed by atoms with Gasteiger partial charge in [-0.25, -0.2) is 4.98 Å². The van der Waals surface area contributed by atoms with Gasteiger partial charge in [-0.2, -0.15) is 0 Å². The molecule has 1 N–H and O–H groups in total. The maximum atomic E-state index is 4.64. The van der Waals surface area contributed by atoms with Crippen molar-refractivity contribution in [1.82, 2.24) is 10.3 Å². The van der Waals surface area contributed by atoms with Gasteiger partial charge in [0.2, 0.25) is 0 Å². The molecule has 2 rings (SSSR count). The Bertz CT molecular complexity index is 403. The van der Waals surface area contributed by atoms with Gasteiger partial charge >= 0.3 is 0 Å². The van der Waals surface area contributed by atoms with Gasteiger partial charge in [-0.3, -0.25) is 0 Å². The number of nitrogens with one attached hydrogen (secondary N) is 1. The lowest BCUT2D eigenvalue weighted by Crippen LogP contribution is -2.41. The van der Waals surface area contributed by atoms with E-state index < -0.39 is 0 Å². The van der Waals surface area contributed by atoms with Crippen molar-refractivity contribution in [2.24, 2.45) is 5.92 Å². The summed E-state index contributed by atoms with van der Waals surface area (Å²) in [7, 11) is 0. The molecule has 0 spiro atoms. The van der Waals surface area contributed by atoms with Crippen LogP contribution in [-0.2, 0) is 6.54 Å². The highest BCUT2D eigenvalue weighted by molar-refractivity contribution is 5.48. The Kier molecular flexibility index (Phi) is 4.81. The average molecular weight is 261 g/mol. The summed E-state index contributed by atoms with van der Waals surface area (Å²) in [5.41, 5.74) is 1.32. The average Bonchev–Trinajstić information content (AvgIpc) is 2.37. The van der Waals surface area contributed by atoms with E-state index in [1.165, 1.54) is 24.2 Å². The smallest absolute Gasteiger partial charge is 0.133 e.